The number of amides is 1. The number of aryl methyl sites for hydroxylation is 1. The molecule has 138 valence electrons. The number of carbonyl (C=O) groups is 1. The average Bonchev–Trinajstić information content (AvgIpc) is 2.71. The molecular formula is C21H15FN4O2. The van der Waals surface area contributed by atoms with E-state index in [1.807, 2.05) is 0 Å². The standard InChI is InChI=1S/C21H15FN4O2/c1-26-19-17(6-3-11-23-19)25-18(21(26)28)13-7-9-14(10-8-13)20(27)24-16-5-2-4-15(22)12-16/h2-12H,1H3,(H,24,27). The molecule has 0 saturated heterocycles. The Balaban J connectivity index is 1.65. The van der Waals surface area contributed by atoms with Crippen LogP contribution in [0, 0.1) is 5.82 Å². The Morgan fingerprint density at radius 2 is 1.86 bits per heavy atom. The van der Waals surface area contributed by atoms with Gasteiger partial charge in [0.2, 0.25) is 0 Å². The van der Waals surface area contributed by atoms with Gasteiger partial charge in [0.1, 0.15) is 17.0 Å². The molecule has 0 atom stereocenters. The molecule has 7 heteroatoms. The van der Waals surface area contributed by atoms with Gasteiger partial charge in [0.15, 0.2) is 5.65 Å². The fourth-order valence-electron chi connectivity index (χ4n) is 2.89. The van der Waals surface area contributed by atoms with Gasteiger partial charge in [-0.05, 0) is 42.5 Å². The molecule has 0 saturated carbocycles. The molecule has 2 aromatic carbocycles. The topological polar surface area (TPSA) is 76.9 Å². The number of pyridine rings is 1. The van der Waals surface area contributed by atoms with Crippen LogP contribution in [0.5, 0.6) is 0 Å². The van der Waals surface area contributed by atoms with Crippen LogP contribution in [0.2, 0.25) is 0 Å². The number of carbonyl (C=O) groups excluding carboxylic acids is 1. The first-order valence-corrected chi connectivity index (χ1v) is 8.52. The number of hydrogen-bond acceptors (Lipinski definition) is 4. The highest BCUT2D eigenvalue weighted by Gasteiger charge is 2.13. The third kappa shape index (κ3) is 3.25. The Kier molecular flexibility index (Phi) is 4.41. The lowest BCUT2D eigenvalue weighted by molar-refractivity contribution is 0.102. The summed E-state index contributed by atoms with van der Waals surface area (Å²) in [5.74, 6) is -0.804. The fourth-order valence-corrected chi connectivity index (χ4v) is 2.89. The summed E-state index contributed by atoms with van der Waals surface area (Å²) in [5.41, 5.74) is 2.45. The van der Waals surface area contributed by atoms with Gasteiger partial charge in [-0.15, -0.1) is 0 Å². The quantitative estimate of drug-likeness (QED) is 0.596. The van der Waals surface area contributed by atoms with Crippen molar-refractivity contribution in [3.05, 3.63) is 88.6 Å². The largest absolute Gasteiger partial charge is 0.322 e. The van der Waals surface area contributed by atoms with E-state index in [2.05, 4.69) is 15.3 Å². The summed E-state index contributed by atoms with van der Waals surface area (Å²) in [4.78, 5) is 33.6. The second kappa shape index (κ2) is 7.03. The third-order valence-electron chi connectivity index (χ3n) is 4.33. The van der Waals surface area contributed by atoms with Crippen LogP contribution in [-0.2, 0) is 7.05 Å². The predicted molar refractivity (Wildman–Crippen MR) is 105 cm³/mol. The molecular weight excluding hydrogens is 359 g/mol. The number of halogens is 1. The molecule has 0 spiro atoms. The Labute approximate surface area is 159 Å². The summed E-state index contributed by atoms with van der Waals surface area (Å²) in [6, 6.07) is 15.7. The van der Waals surface area contributed by atoms with Crippen LogP contribution in [0.1, 0.15) is 10.4 Å². The van der Waals surface area contributed by atoms with Crippen molar-refractivity contribution in [1.82, 2.24) is 14.5 Å². The van der Waals surface area contributed by atoms with Crippen molar-refractivity contribution < 1.29 is 9.18 Å². The second-order valence-corrected chi connectivity index (χ2v) is 6.21. The molecule has 6 nitrogen and oxygen atoms in total. The summed E-state index contributed by atoms with van der Waals surface area (Å²) in [7, 11) is 1.64. The number of aromatic nitrogens is 3. The van der Waals surface area contributed by atoms with Gasteiger partial charge >= 0.3 is 0 Å². The van der Waals surface area contributed by atoms with Crippen molar-refractivity contribution in [3.63, 3.8) is 0 Å². The maximum absolute atomic E-state index is 13.2. The number of hydrogen-bond donors (Lipinski definition) is 1. The van der Waals surface area contributed by atoms with Crippen LogP contribution in [0.15, 0.2) is 71.7 Å². The van der Waals surface area contributed by atoms with Crippen LogP contribution in [0.4, 0.5) is 10.1 Å². The van der Waals surface area contributed by atoms with E-state index < -0.39 is 5.82 Å². The minimum Gasteiger partial charge on any atom is -0.322 e. The van der Waals surface area contributed by atoms with E-state index in [1.54, 1.807) is 55.7 Å². The van der Waals surface area contributed by atoms with E-state index in [0.29, 0.717) is 28.0 Å². The van der Waals surface area contributed by atoms with Crippen LogP contribution in [0.3, 0.4) is 0 Å². The minimum atomic E-state index is -0.430. The SMILES string of the molecule is Cn1c(=O)c(-c2ccc(C(=O)Nc3cccc(F)c3)cc2)nc2cccnc21. The molecule has 1 amide bonds. The molecule has 0 aliphatic heterocycles. The van der Waals surface area contributed by atoms with E-state index >= 15 is 0 Å². The van der Waals surface area contributed by atoms with Gasteiger partial charge in [-0.25, -0.2) is 14.4 Å². The Bertz CT molecular complexity index is 1250. The lowest BCUT2D eigenvalue weighted by Crippen LogP contribution is -2.21. The number of rotatable bonds is 3. The molecule has 28 heavy (non-hydrogen) atoms. The van der Waals surface area contributed by atoms with Gasteiger partial charge in [0.05, 0.1) is 0 Å². The predicted octanol–water partition coefficient (Wildman–Crippen LogP) is 3.39. The van der Waals surface area contributed by atoms with Crippen LogP contribution in [-0.4, -0.2) is 20.4 Å². The zero-order chi connectivity index (χ0) is 19.7. The molecule has 2 aromatic heterocycles. The number of nitrogens with one attached hydrogen (secondary N) is 1. The monoisotopic (exact) mass is 374 g/mol. The lowest BCUT2D eigenvalue weighted by atomic mass is 10.1. The lowest BCUT2D eigenvalue weighted by Gasteiger charge is -2.08. The molecule has 1 N–H and O–H groups in total. The molecule has 4 rings (SSSR count). The molecule has 2 heterocycles. The first-order valence-electron chi connectivity index (χ1n) is 8.52. The maximum Gasteiger partial charge on any atom is 0.278 e. The highest BCUT2D eigenvalue weighted by molar-refractivity contribution is 6.04. The minimum absolute atomic E-state index is 0.275. The first-order chi connectivity index (χ1) is 13.5. The highest BCUT2D eigenvalue weighted by atomic mass is 19.1. The van der Waals surface area contributed by atoms with E-state index in [0.717, 1.165) is 0 Å². The Morgan fingerprint density at radius 1 is 1.07 bits per heavy atom. The van der Waals surface area contributed by atoms with E-state index in [1.165, 1.54) is 22.8 Å². The van der Waals surface area contributed by atoms with Gasteiger partial charge in [-0.3, -0.25) is 14.2 Å². The van der Waals surface area contributed by atoms with Crippen molar-refractivity contribution >= 4 is 22.8 Å². The third-order valence-corrected chi connectivity index (χ3v) is 4.33. The van der Waals surface area contributed by atoms with E-state index in [9.17, 15) is 14.0 Å². The van der Waals surface area contributed by atoms with Crippen molar-refractivity contribution in [3.8, 4) is 11.3 Å². The molecule has 0 bridgehead atoms. The smallest absolute Gasteiger partial charge is 0.278 e. The summed E-state index contributed by atoms with van der Waals surface area (Å²) in [5, 5.41) is 2.63. The van der Waals surface area contributed by atoms with Crippen molar-refractivity contribution in [1.29, 1.82) is 0 Å². The molecule has 4 aromatic rings. The first kappa shape index (κ1) is 17.5. The maximum atomic E-state index is 13.2. The van der Waals surface area contributed by atoms with Gasteiger partial charge in [0, 0.05) is 30.1 Å². The zero-order valence-electron chi connectivity index (χ0n) is 14.9. The highest BCUT2D eigenvalue weighted by Crippen LogP contribution is 2.18. The molecule has 0 aliphatic carbocycles. The number of benzene rings is 2. The second-order valence-electron chi connectivity index (χ2n) is 6.21. The Morgan fingerprint density at radius 3 is 2.61 bits per heavy atom. The fraction of sp³-hybridized carbons (Fsp3) is 0.0476. The normalized spacial score (nSPS) is 10.8. The van der Waals surface area contributed by atoms with Crippen molar-refractivity contribution in [2.45, 2.75) is 0 Å². The van der Waals surface area contributed by atoms with Gasteiger partial charge in [-0.2, -0.15) is 0 Å². The van der Waals surface area contributed by atoms with E-state index in [4.69, 9.17) is 0 Å². The van der Waals surface area contributed by atoms with Crippen molar-refractivity contribution in [2.24, 2.45) is 7.05 Å². The Hall–Kier alpha value is -3.87. The van der Waals surface area contributed by atoms with Gasteiger partial charge in [-0.1, -0.05) is 18.2 Å². The summed E-state index contributed by atoms with van der Waals surface area (Å²) in [6.45, 7) is 0. The average molecular weight is 374 g/mol. The molecule has 0 fully saturated rings. The van der Waals surface area contributed by atoms with Crippen LogP contribution >= 0.6 is 0 Å². The molecule has 0 aliphatic rings. The number of fused-ring (bicyclic) bond motifs is 1. The van der Waals surface area contributed by atoms with E-state index in [-0.39, 0.29) is 17.2 Å². The van der Waals surface area contributed by atoms with Crippen LogP contribution in [0.25, 0.3) is 22.4 Å². The summed E-state index contributed by atoms with van der Waals surface area (Å²) >= 11 is 0. The van der Waals surface area contributed by atoms with Gasteiger partial charge < -0.3 is 5.32 Å². The summed E-state index contributed by atoms with van der Waals surface area (Å²) < 4.78 is 14.7. The van der Waals surface area contributed by atoms with Crippen LogP contribution < -0.4 is 10.9 Å². The summed E-state index contributed by atoms with van der Waals surface area (Å²) in [6.07, 6.45) is 1.61. The molecule has 0 radical (unpaired) electrons. The van der Waals surface area contributed by atoms with Crippen molar-refractivity contribution in [2.75, 3.05) is 5.32 Å². The number of nitrogens with zero attached hydrogens (tertiary/aromatic N) is 3. The zero-order valence-corrected chi connectivity index (χ0v) is 14.9. The van der Waals surface area contributed by atoms with Gasteiger partial charge in [0.25, 0.3) is 11.5 Å². The number of anilines is 1. The molecule has 0 unspecified atom stereocenters.